The van der Waals surface area contributed by atoms with Crippen LogP contribution in [0.3, 0.4) is 0 Å². The normalized spacial score (nSPS) is 16.4. The number of nitrogens with one attached hydrogen (secondary N) is 3. The third kappa shape index (κ3) is 5.73. The third-order valence-corrected chi connectivity index (χ3v) is 7.16. The number of rotatable bonds is 9. The van der Waals surface area contributed by atoms with E-state index in [1.165, 1.54) is 17.7 Å². The monoisotopic (exact) mass is 502 g/mol. The highest BCUT2D eigenvalue weighted by Gasteiger charge is 2.26. The quantitative estimate of drug-likeness (QED) is 0.345. The molecule has 5 heterocycles. The summed E-state index contributed by atoms with van der Waals surface area (Å²) in [7, 11) is 0. The number of aromatic nitrogens is 4. The van der Waals surface area contributed by atoms with Crippen molar-refractivity contribution in [2.24, 2.45) is 0 Å². The molecule has 0 bridgehead atoms. The van der Waals surface area contributed by atoms with Gasteiger partial charge in [0, 0.05) is 49.6 Å². The van der Waals surface area contributed by atoms with E-state index < -0.39 is 12.0 Å². The summed E-state index contributed by atoms with van der Waals surface area (Å²) in [5, 5.41) is 19.4. The van der Waals surface area contributed by atoms with E-state index in [4.69, 9.17) is 4.98 Å². The molecule has 0 aromatic carbocycles. The number of carbonyl (C=O) groups is 1. The van der Waals surface area contributed by atoms with Gasteiger partial charge in [-0.2, -0.15) is 0 Å². The van der Waals surface area contributed by atoms with Crippen molar-refractivity contribution in [1.29, 1.82) is 0 Å². The van der Waals surface area contributed by atoms with E-state index in [0.717, 1.165) is 62.5 Å². The number of nitrogens with zero attached hydrogens (tertiary/aromatic N) is 5. The second kappa shape index (κ2) is 11.4. The number of hydrogen-bond donors (Lipinski definition) is 4. The first-order valence-electron chi connectivity index (χ1n) is 13.1. The van der Waals surface area contributed by atoms with Gasteiger partial charge in [0.05, 0.1) is 0 Å². The van der Waals surface area contributed by atoms with Gasteiger partial charge < -0.3 is 26.0 Å². The first-order valence-corrected chi connectivity index (χ1v) is 13.1. The molecule has 0 spiro atoms. The molecular formula is C27H34N8O2. The predicted molar refractivity (Wildman–Crippen MR) is 144 cm³/mol. The summed E-state index contributed by atoms with van der Waals surface area (Å²) in [6.07, 6.45) is 8.21. The second-order valence-electron chi connectivity index (χ2n) is 9.54. The SMILES string of the molecule is CCc1c(NC[C@H](Nc2ccccn2)C(=O)O)ncnc1N1CCC(c2ccc3c(n2)NCCC3)CC1. The molecule has 5 rings (SSSR count). The van der Waals surface area contributed by atoms with Crippen LogP contribution in [0.2, 0.25) is 0 Å². The van der Waals surface area contributed by atoms with E-state index in [0.29, 0.717) is 17.6 Å². The third-order valence-electron chi connectivity index (χ3n) is 7.16. The largest absolute Gasteiger partial charge is 0.480 e. The van der Waals surface area contributed by atoms with Crippen LogP contribution in [0.25, 0.3) is 0 Å². The Hall–Kier alpha value is -3.95. The van der Waals surface area contributed by atoms with Gasteiger partial charge in [0.25, 0.3) is 0 Å². The van der Waals surface area contributed by atoms with Crippen molar-refractivity contribution < 1.29 is 9.90 Å². The molecule has 0 amide bonds. The number of carboxylic acid groups (broad SMARTS) is 1. The lowest BCUT2D eigenvalue weighted by atomic mass is 9.92. The van der Waals surface area contributed by atoms with Crippen molar-refractivity contribution in [1.82, 2.24) is 19.9 Å². The van der Waals surface area contributed by atoms with Crippen LogP contribution in [0.1, 0.15) is 48.9 Å². The molecule has 1 saturated heterocycles. The Kier molecular flexibility index (Phi) is 7.62. The van der Waals surface area contributed by atoms with Crippen molar-refractivity contribution in [3.8, 4) is 0 Å². The Morgan fingerprint density at radius 3 is 2.81 bits per heavy atom. The first-order chi connectivity index (χ1) is 18.1. The van der Waals surface area contributed by atoms with Gasteiger partial charge >= 0.3 is 5.97 Å². The van der Waals surface area contributed by atoms with Gasteiger partial charge in [-0.05, 0) is 55.9 Å². The zero-order chi connectivity index (χ0) is 25.6. The Balaban J connectivity index is 1.24. The van der Waals surface area contributed by atoms with Crippen molar-refractivity contribution >= 4 is 29.2 Å². The highest BCUT2D eigenvalue weighted by atomic mass is 16.4. The molecule has 0 saturated carbocycles. The van der Waals surface area contributed by atoms with E-state index in [1.54, 1.807) is 24.7 Å². The molecule has 10 heteroatoms. The minimum atomic E-state index is -0.960. The molecule has 0 aliphatic carbocycles. The van der Waals surface area contributed by atoms with E-state index in [-0.39, 0.29) is 6.54 Å². The van der Waals surface area contributed by atoms with Gasteiger partial charge in [0.2, 0.25) is 0 Å². The van der Waals surface area contributed by atoms with Crippen LogP contribution in [0.5, 0.6) is 0 Å². The molecule has 1 fully saturated rings. The lowest BCUT2D eigenvalue weighted by Crippen LogP contribution is -2.37. The molecular weight excluding hydrogens is 468 g/mol. The minimum absolute atomic E-state index is 0.162. The van der Waals surface area contributed by atoms with Gasteiger partial charge in [-0.3, -0.25) is 0 Å². The van der Waals surface area contributed by atoms with Crippen LogP contribution in [0, 0.1) is 0 Å². The number of aliphatic carboxylic acids is 1. The summed E-state index contributed by atoms with van der Waals surface area (Å²) in [6.45, 7) is 5.01. The molecule has 4 N–H and O–H groups in total. The highest BCUT2D eigenvalue weighted by Crippen LogP contribution is 2.33. The maximum atomic E-state index is 11.8. The summed E-state index contributed by atoms with van der Waals surface area (Å²) >= 11 is 0. The fourth-order valence-electron chi connectivity index (χ4n) is 5.14. The number of fused-ring (bicyclic) bond motifs is 1. The maximum absolute atomic E-state index is 11.8. The average molecular weight is 503 g/mol. The first kappa shape index (κ1) is 24.7. The number of hydrogen-bond acceptors (Lipinski definition) is 9. The number of anilines is 4. The molecule has 0 radical (unpaired) electrons. The van der Waals surface area contributed by atoms with E-state index in [1.807, 2.05) is 6.07 Å². The van der Waals surface area contributed by atoms with Crippen molar-refractivity contribution in [3.63, 3.8) is 0 Å². The number of aryl methyl sites for hydroxylation is 1. The molecule has 3 aromatic heterocycles. The summed E-state index contributed by atoms with van der Waals surface area (Å²) < 4.78 is 0. The Bertz CT molecular complexity index is 1210. The Labute approximate surface area is 217 Å². The summed E-state index contributed by atoms with van der Waals surface area (Å²) in [4.78, 5) is 32.3. The molecule has 1 atom stereocenters. The molecule has 10 nitrogen and oxygen atoms in total. The standard InChI is InChI=1S/C27H34N8O2/c1-2-20-25(30-16-22(27(36)37)33-23-7-3-4-12-28-23)31-17-32-26(20)35-14-10-18(11-15-35)21-9-8-19-6-5-13-29-24(19)34-21/h3-4,7-9,12,17-18,22H,2,5-6,10-11,13-16H2,1H3,(H,28,33)(H,29,34)(H,36,37)(H,30,31,32)/t22-/m0/s1. The summed E-state index contributed by atoms with van der Waals surface area (Å²) in [5.41, 5.74) is 3.49. The maximum Gasteiger partial charge on any atom is 0.328 e. The van der Waals surface area contributed by atoms with Crippen LogP contribution >= 0.6 is 0 Å². The van der Waals surface area contributed by atoms with Gasteiger partial charge in [-0.15, -0.1) is 0 Å². The van der Waals surface area contributed by atoms with Crippen LogP contribution in [0.4, 0.5) is 23.3 Å². The number of piperidine rings is 1. The lowest BCUT2D eigenvalue weighted by Gasteiger charge is -2.34. The smallest absolute Gasteiger partial charge is 0.328 e. The van der Waals surface area contributed by atoms with Gasteiger partial charge in [0.15, 0.2) is 0 Å². The summed E-state index contributed by atoms with van der Waals surface area (Å²) in [5.74, 6) is 2.64. The number of pyridine rings is 2. The van der Waals surface area contributed by atoms with E-state index >= 15 is 0 Å². The van der Waals surface area contributed by atoms with Gasteiger partial charge in [0.1, 0.15) is 35.6 Å². The fourth-order valence-corrected chi connectivity index (χ4v) is 5.14. The predicted octanol–water partition coefficient (Wildman–Crippen LogP) is 3.55. The van der Waals surface area contributed by atoms with Crippen molar-refractivity contribution in [2.75, 3.05) is 47.0 Å². The van der Waals surface area contributed by atoms with Crippen LogP contribution in [-0.2, 0) is 17.6 Å². The van der Waals surface area contributed by atoms with Crippen LogP contribution < -0.4 is 20.9 Å². The van der Waals surface area contributed by atoms with Crippen LogP contribution in [0.15, 0.2) is 42.9 Å². The number of carboxylic acids is 1. The molecule has 2 aliphatic rings. The van der Waals surface area contributed by atoms with Gasteiger partial charge in [-0.25, -0.2) is 24.7 Å². The zero-order valence-corrected chi connectivity index (χ0v) is 21.2. The molecule has 2 aliphatic heterocycles. The Morgan fingerprint density at radius 2 is 2.05 bits per heavy atom. The molecule has 3 aromatic rings. The molecule has 0 unspecified atom stereocenters. The molecule has 194 valence electrons. The minimum Gasteiger partial charge on any atom is -0.480 e. The van der Waals surface area contributed by atoms with Gasteiger partial charge in [-0.1, -0.05) is 19.1 Å². The highest BCUT2D eigenvalue weighted by molar-refractivity contribution is 5.78. The second-order valence-corrected chi connectivity index (χ2v) is 9.54. The van der Waals surface area contributed by atoms with E-state index in [9.17, 15) is 9.90 Å². The van der Waals surface area contributed by atoms with Crippen molar-refractivity contribution in [3.05, 3.63) is 59.7 Å². The average Bonchev–Trinajstić information content (AvgIpc) is 2.95. The van der Waals surface area contributed by atoms with E-state index in [2.05, 4.69) is 54.9 Å². The Morgan fingerprint density at radius 1 is 1.19 bits per heavy atom. The van der Waals surface area contributed by atoms with Crippen molar-refractivity contribution in [2.45, 2.75) is 51.0 Å². The summed E-state index contributed by atoms with van der Waals surface area (Å²) in [6, 6.07) is 8.94. The lowest BCUT2D eigenvalue weighted by molar-refractivity contribution is -0.137. The fraction of sp³-hybridized carbons (Fsp3) is 0.444. The zero-order valence-electron chi connectivity index (χ0n) is 21.2. The van der Waals surface area contributed by atoms with Crippen LogP contribution in [-0.4, -0.2) is 63.2 Å². The molecule has 37 heavy (non-hydrogen) atoms. The topological polar surface area (TPSA) is 128 Å².